The number of rotatable bonds is 7. The van der Waals surface area contributed by atoms with Crippen LogP contribution >= 0.6 is 0 Å². The van der Waals surface area contributed by atoms with Crippen LogP contribution in [0, 0.1) is 11.3 Å². The summed E-state index contributed by atoms with van der Waals surface area (Å²) in [7, 11) is 0. The molecule has 2 N–H and O–H groups in total. The number of hydrogen-bond acceptors (Lipinski definition) is 6. The number of amides is 2. The molecule has 0 bridgehead atoms. The van der Waals surface area contributed by atoms with E-state index in [1.807, 2.05) is 11.0 Å². The van der Waals surface area contributed by atoms with Crippen molar-refractivity contribution in [2.24, 2.45) is 0 Å². The summed E-state index contributed by atoms with van der Waals surface area (Å²) in [5.41, 5.74) is -0.0450. The maximum Gasteiger partial charge on any atom is 0.266 e. The second-order valence-electron chi connectivity index (χ2n) is 4.57. The third kappa shape index (κ3) is 5.06. The van der Waals surface area contributed by atoms with Gasteiger partial charge in [0.1, 0.15) is 11.6 Å². The van der Waals surface area contributed by atoms with Crippen LogP contribution in [0.4, 0.5) is 0 Å². The van der Waals surface area contributed by atoms with E-state index >= 15 is 0 Å². The molecule has 0 radical (unpaired) electrons. The lowest BCUT2D eigenvalue weighted by Gasteiger charge is -2.32. The lowest BCUT2D eigenvalue weighted by Crippen LogP contribution is -2.44. The van der Waals surface area contributed by atoms with Crippen molar-refractivity contribution in [3.05, 3.63) is 11.8 Å². The molecule has 0 aromatic carbocycles. The normalized spacial score (nSPS) is 15.6. The molecule has 1 aliphatic heterocycles. The Morgan fingerprint density at radius 1 is 1.14 bits per heavy atom. The molecule has 8 nitrogen and oxygen atoms in total. The molecule has 0 aromatic rings. The largest absolute Gasteiger partial charge is 0.395 e. The van der Waals surface area contributed by atoms with Crippen LogP contribution in [0.15, 0.2) is 11.8 Å². The van der Waals surface area contributed by atoms with Gasteiger partial charge in [0.2, 0.25) is 6.41 Å². The molecule has 0 aromatic heterocycles. The van der Waals surface area contributed by atoms with Gasteiger partial charge < -0.3 is 24.9 Å². The van der Waals surface area contributed by atoms with Crippen LogP contribution in [0.3, 0.4) is 0 Å². The van der Waals surface area contributed by atoms with E-state index in [1.165, 1.54) is 11.1 Å². The Morgan fingerprint density at radius 2 is 1.67 bits per heavy atom. The van der Waals surface area contributed by atoms with E-state index in [2.05, 4.69) is 0 Å². The molecule has 0 atom stereocenters. The SMILES string of the molecule is N#C/C(=C/N1CCN(C=O)CC1)C(=O)N(CCO)CCO. The maximum absolute atomic E-state index is 12.2. The van der Waals surface area contributed by atoms with Crippen LogP contribution in [0.1, 0.15) is 0 Å². The monoisotopic (exact) mass is 296 g/mol. The van der Waals surface area contributed by atoms with Crippen molar-refractivity contribution >= 4 is 12.3 Å². The maximum atomic E-state index is 12.2. The Bertz CT molecular complexity index is 418. The molecule has 1 saturated heterocycles. The van der Waals surface area contributed by atoms with E-state index in [-0.39, 0.29) is 31.9 Å². The Hall–Kier alpha value is -2.11. The van der Waals surface area contributed by atoms with Crippen molar-refractivity contribution in [3.63, 3.8) is 0 Å². The lowest BCUT2D eigenvalue weighted by molar-refractivity contribution is -0.128. The van der Waals surface area contributed by atoms with E-state index < -0.39 is 5.91 Å². The smallest absolute Gasteiger partial charge is 0.266 e. The molecule has 0 unspecified atom stereocenters. The van der Waals surface area contributed by atoms with E-state index in [0.29, 0.717) is 26.2 Å². The number of nitriles is 1. The average Bonchev–Trinajstić information content (AvgIpc) is 2.52. The van der Waals surface area contributed by atoms with Crippen molar-refractivity contribution in [2.75, 3.05) is 52.5 Å². The van der Waals surface area contributed by atoms with Crippen molar-refractivity contribution in [2.45, 2.75) is 0 Å². The second kappa shape index (κ2) is 8.94. The molecular weight excluding hydrogens is 276 g/mol. The van der Waals surface area contributed by atoms with E-state index in [9.17, 15) is 9.59 Å². The van der Waals surface area contributed by atoms with Crippen molar-refractivity contribution in [1.82, 2.24) is 14.7 Å². The molecular formula is C13H20N4O4. The van der Waals surface area contributed by atoms with Crippen molar-refractivity contribution in [3.8, 4) is 6.07 Å². The Kier molecular flexibility index (Phi) is 7.21. The molecule has 2 amide bonds. The predicted molar refractivity (Wildman–Crippen MR) is 73.7 cm³/mol. The quantitative estimate of drug-likeness (QED) is 0.319. The summed E-state index contributed by atoms with van der Waals surface area (Å²) in [6.45, 7) is 1.86. The Morgan fingerprint density at radius 3 is 2.10 bits per heavy atom. The molecule has 21 heavy (non-hydrogen) atoms. The van der Waals surface area contributed by atoms with Crippen LogP contribution in [-0.4, -0.2) is 89.7 Å². The van der Waals surface area contributed by atoms with Gasteiger partial charge in [0.05, 0.1) is 13.2 Å². The first-order valence-corrected chi connectivity index (χ1v) is 6.72. The fourth-order valence-corrected chi connectivity index (χ4v) is 2.01. The van der Waals surface area contributed by atoms with Crippen molar-refractivity contribution in [1.29, 1.82) is 5.26 Å². The molecule has 0 saturated carbocycles. The highest BCUT2D eigenvalue weighted by Gasteiger charge is 2.20. The molecule has 1 heterocycles. The first-order valence-electron chi connectivity index (χ1n) is 6.72. The number of aliphatic hydroxyl groups is 2. The second-order valence-corrected chi connectivity index (χ2v) is 4.57. The zero-order chi connectivity index (χ0) is 15.7. The Balaban J connectivity index is 2.72. The van der Waals surface area contributed by atoms with Gasteiger partial charge in [0, 0.05) is 45.5 Å². The molecule has 0 spiro atoms. The minimum Gasteiger partial charge on any atom is -0.395 e. The van der Waals surface area contributed by atoms with Gasteiger partial charge in [-0.2, -0.15) is 5.26 Å². The van der Waals surface area contributed by atoms with Crippen LogP contribution in [0.5, 0.6) is 0 Å². The number of hydrogen-bond donors (Lipinski definition) is 2. The van der Waals surface area contributed by atoms with Crippen LogP contribution in [-0.2, 0) is 9.59 Å². The summed E-state index contributed by atoms with van der Waals surface area (Å²) < 4.78 is 0. The van der Waals surface area contributed by atoms with Gasteiger partial charge in [-0.1, -0.05) is 0 Å². The number of aliphatic hydroxyl groups excluding tert-OH is 2. The minimum absolute atomic E-state index is 0.0450. The van der Waals surface area contributed by atoms with Gasteiger partial charge >= 0.3 is 0 Å². The van der Waals surface area contributed by atoms with Gasteiger partial charge in [-0.3, -0.25) is 9.59 Å². The van der Waals surface area contributed by atoms with Crippen LogP contribution < -0.4 is 0 Å². The minimum atomic E-state index is -0.515. The number of nitrogens with zero attached hydrogens (tertiary/aromatic N) is 4. The third-order valence-electron chi connectivity index (χ3n) is 3.19. The highest BCUT2D eigenvalue weighted by Crippen LogP contribution is 2.06. The zero-order valence-corrected chi connectivity index (χ0v) is 11.8. The summed E-state index contributed by atoms with van der Waals surface area (Å²) in [6.07, 6.45) is 2.26. The highest BCUT2D eigenvalue weighted by molar-refractivity contribution is 5.97. The fraction of sp³-hybridized carbons (Fsp3) is 0.615. The number of carbonyl (C=O) groups excluding carboxylic acids is 2. The van der Waals surface area contributed by atoms with Gasteiger partial charge in [0.25, 0.3) is 5.91 Å². The van der Waals surface area contributed by atoms with E-state index in [0.717, 1.165) is 6.41 Å². The summed E-state index contributed by atoms with van der Waals surface area (Å²) in [5, 5.41) is 27.0. The van der Waals surface area contributed by atoms with E-state index in [1.54, 1.807) is 4.90 Å². The number of piperazine rings is 1. The lowest BCUT2D eigenvalue weighted by atomic mass is 10.2. The molecule has 116 valence electrons. The molecule has 1 rings (SSSR count). The van der Waals surface area contributed by atoms with E-state index in [4.69, 9.17) is 15.5 Å². The molecule has 1 fully saturated rings. The highest BCUT2D eigenvalue weighted by atomic mass is 16.3. The Labute approximate surface area is 123 Å². The van der Waals surface area contributed by atoms with Crippen molar-refractivity contribution < 1.29 is 19.8 Å². The predicted octanol–water partition coefficient (Wildman–Crippen LogP) is -2.02. The van der Waals surface area contributed by atoms with Gasteiger partial charge in [0.15, 0.2) is 0 Å². The van der Waals surface area contributed by atoms with Gasteiger partial charge in [-0.15, -0.1) is 0 Å². The van der Waals surface area contributed by atoms with Gasteiger partial charge in [-0.25, -0.2) is 0 Å². The third-order valence-corrected chi connectivity index (χ3v) is 3.19. The summed E-state index contributed by atoms with van der Waals surface area (Å²) in [4.78, 5) is 27.5. The fourth-order valence-electron chi connectivity index (χ4n) is 2.01. The summed E-state index contributed by atoms with van der Waals surface area (Å²) in [5.74, 6) is -0.515. The molecule has 8 heteroatoms. The first-order chi connectivity index (χ1) is 10.2. The first kappa shape index (κ1) is 16.9. The van der Waals surface area contributed by atoms with Crippen LogP contribution in [0.25, 0.3) is 0 Å². The average molecular weight is 296 g/mol. The topological polar surface area (TPSA) is 108 Å². The summed E-state index contributed by atoms with van der Waals surface area (Å²) in [6, 6.07) is 1.85. The standard InChI is InChI=1S/C13H20N4O4/c14-9-12(13(21)17(5-7-18)6-8-19)10-15-1-3-16(11-20)4-2-15/h10-11,18-19H,1-8H2/b12-10-. The zero-order valence-electron chi connectivity index (χ0n) is 11.8. The van der Waals surface area contributed by atoms with Crippen LogP contribution in [0.2, 0.25) is 0 Å². The molecule has 1 aliphatic rings. The summed E-state index contributed by atoms with van der Waals surface area (Å²) >= 11 is 0. The van der Waals surface area contributed by atoms with Gasteiger partial charge in [-0.05, 0) is 0 Å². The molecule has 0 aliphatic carbocycles. The number of carbonyl (C=O) groups is 2.